The van der Waals surface area contributed by atoms with E-state index in [0.717, 1.165) is 39.0 Å². The molecule has 136 valence electrons. The molecule has 2 N–H and O–H groups in total. The smallest absolute Gasteiger partial charge is 0.239 e. The molecule has 1 aromatic heterocycles. The van der Waals surface area contributed by atoms with Gasteiger partial charge in [-0.3, -0.25) is 19.4 Å². The Kier molecular flexibility index (Phi) is 5.88. The van der Waals surface area contributed by atoms with Crippen LogP contribution in [0.1, 0.15) is 19.8 Å². The first-order valence-corrected chi connectivity index (χ1v) is 9.07. The summed E-state index contributed by atoms with van der Waals surface area (Å²) in [6.45, 7) is 5.37. The normalized spacial score (nSPS) is 20.1. The molecular formula is C17H24ClN5O2. The van der Waals surface area contributed by atoms with E-state index >= 15 is 0 Å². The van der Waals surface area contributed by atoms with Gasteiger partial charge in [0.25, 0.3) is 0 Å². The van der Waals surface area contributed by atoms with E-state index in [9.17, 15) is 9.59 Å². The highest BCUT2D eigenvalue weighted by Crippen LogP contribution is 2.19. The zero-order valence-electron chi connectivity index (χ0n) is 14.4. The second-order valence-electron chi connectivity index (χ2n) is 6.68. The highest BCUT2D eigenvalue weighted by atomic mass is 35.5. The fourth-order valence-corrected chi connectivity index (χ4v) is 2.97. The van der Waals surface area contributed by atoms with Crippen molar-refractivity contribution in [2.45, 2.75) is 31.8 Å². The van der Waals surface area contributed by atoms with E-state index in [4.69, 9.17) is 11.6 Å². The number of halogens is 1. The molecule has 0 spiro atoms. The first kappa shape index (κ1) is 18.1. The van der Waals surface area contributed by atoms with Gasteiger partial charge in [-0.2, -0.15) is 0 Å². The van der Waals surface area contributed by atoms with Gasteiger partial charge in [0.05, 0.1) is 17.6 Å². The first-order chi connectivity index (χ1) is 12.0. The number of amides is 2. The number of nitrogens with one attached hydrogen (secondary N) is 2. The van der Waals surface area contributed by atoms with Crippen LogP contribution in [0, 0.1) is 0 Å². The summed E-state index contributed by atoms with van der Waals surface area (Å²) in [5.41, 5.74) is 0. The summed E-state index contributed by atoms with van der Waals surface area (Å²) in [5, 5.41) is 6.36. The lowest BCUT2D eigenvalue weighted by atomic mass is 10.2. The number of carbonyl (C=O) groups excluding carboxylic acids is 2. The van der Waals surface area contributed by atoms with Crippen molar-refractivity contribution in [2.24, 2.45) is 0 Å². The molecule has 3 rings (SSSR count). The van der Waals surface area contributed by atoms with Crippen LogP contribution in [0.2, 0.25) is 5.02 Å². The minimum absolute atomic E-state index is 0.0946. The van der Waals surface area contributed by atoms with E-state index in [0.29, 0.717) is 23.4 Å². The molecule has 1 saturated heterocycles. The van der Waals surface area contributed by atoms with Crippen LogP contribution in [0.3, 0.4) is 0 Å². The lowest BCUT2D eigenvalue weighted by Crippen LogP contribution is -2.55. The third-order valence-corrected chi connectivity index (χ3v) is 4.84. The lowest BCUT2D eigenvalue weighted by molar-refractivity contribution is -0.127. The number of nitrogens with zero attached hydrogens (tertiary/aromatic N) is 3. The molecule has 0 bridgehead atoms. The molecule has 2 aliphatic rings. The summed E-state index contributed by atoms with van der Waals surface area (Å²) in [4.78, 5) is 32.6. The molecule has 2 fully saturated rings. The zero-order chi connectivity index (χ0) is 17.8. The van der Waals surface area contributed by atoms with Crippen molar-refractivity contribution in [2.75, 3.05) is 38.0 Å². The second-order valence-corrected chi connectivity index (χ2v) is 7.12. The van der Waals surface area contributed by atoms with Crippen molar-refractivity contribution in [3.63, 3.8) is 0 Å². The molecule has 1 aliphatic heterocycles. The predicted octanol–water partition coefficient (Wildman–Crippen LogP) is 0.958. The molecule has 8 heteroatoms. The Bertz CT molecular complexity index is 612. The number of hydrogen-bond donors (Lipinski definition) is 2. The molecular weight excluding hydrogens is 342 g/mol. The molecule has 1 saturated carbocycles. The van der Waals surface area contributed by atoms with Gasteiger partial charge in [-0.05, 0) is 31.9 Å². The van der Waals surface area contributed by atoms with Crippen LogP contribution < -0.4 is 10.6 Å². The Morgan fingerprint density at radius 3 is 2.60 bits per heavy atom. The van der Waals surface area contributed by atoms with E-state index in [1.54, 1.807) is 12.1 Å². The number of anilines is 1. The number of hydrogen-bond acceptors (Lipinski definition) is 5. The van der Waals surface area contributed by atoms with Crippen molar-refractivity contribution < 1.29 is 9.59 Å². The van der Waals surface area contributed by atoms with Crippen molar-refractivity contribution in [3.05, 3.63) is 23.4 Å². The van der Waals surface area contributed by atoms with Gasteiger partial charge in [-0.25, -0.2) is 4.98 Å². The van der Waals surface area contributed by atoms with E-state index < -0.39 is 0 Å². The quantitative estimate of drug-likeness (QED) is 0.785. The van der Waals surface area contributed by atoms with Crippen LogP contribution in [0.15, 0.2) is 18.3 Å². The average Bonchev–Trinajstić information content (AvgIpc) is 3.41. The van der Waals surface area contributed by atoms with E-state index in [2.05, 4.69) is 25.4 Å². The van der Waals surface area contributed by atoms with Crippen LogP contribution in [-0.4, -0.2) is 71.4 Å². The summed E-state index contributed by atoms with van der Waals surface area (Å²) < 4.78 is 0. The maximum atomic E-state index is 12.1. The number of piperazine rings is 1. The van der Waals surface area contributed by atoms with Gasteiger partial charge in [0.2, 0.25) is 11.8 Å². The van der Waals surface area contributed by atoms with Crippen LogP contribution in [0.5, 0.6) is 0 Å². The molecule has 2 heterocycles. The number of carbonyl (C=O) groups is 2. The Hall–Kier alpha value is -1.70. The van der Waals surface area contributed by atoms with Gasteiger partial charge in [0.15, 0.2) is 0 Å². The summed E-state index contributed by atoms with van der Waals surface area (Å²) in [6, 6.07) is 3.64. The maximum Gasteiger partial charge on any atom is 0.239 e. The molecule has 0 radical (unpaired) electrons. The average molecular weight is 366 g/mol. The zero-order valence-corrected chi connectivity index (χ0v) is 15.1. The molecule has 0 unspecified atom stereocenters. The van der Waals surface area contributed by atoms with Crippen LogP contribution in [0.25, 0.3) is 0 Å². The third-order valence-electron chi connectivity index (χ3n) is 4.62. The largest absolute Gasteiger partial charge is 0.352 e. The molecule has 1 atom stereocenters. The van der Waals surface area contributed by atoms with Crippen LogP contribution in [-0.2, 0) is 9.59 Å². The molecule has 1 aliphatic carbocycles. The lowest BCUT2D eigenvalue weighted by Gasteiger charge is -2.37. The SMILES string of the molecule is C[C@H](C(=O)NC1CC1)N1CCN(CC(=O)Nc2ccc(Cl)cn2)CC1. The Labute approximate surface area is 152 Å². The van der Waals surface area contributed by atoms with Crippen molar-refractivity contribution in [1.29, 1.82) is 0 Å². The minimum Gasteiger partial charge on any atom is -0.352 e. The van der Waals surface area contributed by atoms with E-state index in [1.165, 1.54) is 6.20 Å². The summed E-state index contributed by atoms with van der Waals surface area (Å²) >= 11 is 5.78. The topological polar surface area (TPSA) is 77.6 Å². The Morgan fingerprint density at radius 1 is 1.28 bits per heavy atom. The van der Waals surface area contributed by atoms with Gasteiger partial charge >= 0.3 is 0 Å². The molecule has 1 aromatic rings. The van der Waals surface area contributed by atoms with E-state index in [1.807, 2.05) is 6.92 Å². The first-order valence-electron chi connectivity index (χ1n) is 8.69. The molecule has 7 nitrogen and oxygen atoms in total. The van der Waals surface area contributed by atoms with Crippen molar-refractivity contribution in [3.8, 4) is 0 Å². The van der Waals surface area contributed by atoms with Crippen LogP contribution in [0.4, 0.5) is 5.82 Å². The van der Waals surface area contributed by atoms with Gasteiger partial charge in [0.1, 0.15) is 5.82 Å². The van der Waals surface area contributed by atoms with Gasteiger partial charge < -0.3 is 10.6 Å². The number of pyridine rings is 1. The van der Waals surface area contributed by atoms with E-state index in [-0.39, 0.29) is 17.9 Å². The number of rotatable bonds is 6. The summed E-state index contributed by atoms with van der Waals surface area (Å²) in [5.74, 6) is 0.517. The highest BCUT2D eigenvalue weighted by molar-refractivity contribution is 6.30. The minimum atomic E-state index is -0.116. The summed E-state index contributed by atoms with van der Waals surface area (Å²) in [7, 11) is 0. The van der Waals surface area contributed by atoms with Crippen molar-refractivity contribution >= 4 is 29.2 Å². The Morgan fingerprint density at radius 2 is 2.00 bits per heavy atom. The molecule has 0 aromatic carbocycles. The second kappa shape index (κ2) is 8.12. The summed E-state index contributed by atoms with van der Waals surface area (Å²) in [6.07, 6.45) is 3.71. The van der Waals surface area contributed by atoms with Crippen molar-refractivity contribution in [1.82, 2.24) is 20.1 Å². The third kappa shape index (κ3) is 5.39. The fraction of sp³-hybridized carbons (Fsp3) is 0.588. The predicted molar refractivity (Wildman–Crippen MR) is 96.5 cm³/mol. The van der Waals surface area contributed by atoms with Gasteiger partial charge in [-0.1, -0.05) is 11.6 Å². The monoisotopic (exact) mass is 365 g/mol. The standard InChI is InChI=1S/C17H24ClN5O2/c1-12(17(25)20-14-3-4-14)23-8-6-22(7-9-23)11-16(24)21-15-5-2-13(18)10-19-15/h2,5,10,12,14H,3-4,6-9,11H2,1H3,(H,20,25)(H,19,21,24)/t12-/m1/s1. The number of aromatic nitrogens is 1. The van der Waals surface area contributed by atoms with Gasteiger partial charge in [-0.15, -0.1) is 0 Å². The Balaban J connectivity index is 1.40. The van der Waals surface area contributed by atoms with Gasteiger partial charge in [0, 0.05) is 38.4 Å². The molecule has 2 amide bonds. The fourth-order valence-electron chi connectivity index (χ4n) is 2.86. The maximum absolute atomic E-state index is 12.1. The highest BCUT2D eigenvalue weighted by Gasteiger charge is 2.30. The molecule has 25 heavy (non-hydrogen) atoms. The van der Waals surface area contributed by atoms with Crippen LogP contribution >= 0.6 is 11.6 Å².